The van der Waals surface area contributed by atoms with Gasteiger partial charge in [-0.25, -0.2) is 0 Å². The first-order chi connectivity index (χ1) is 7.27. The van der Waals surface area contributed by atoms with E-state index in [1.807, 2.05) is 0 Å². The molecule has 0 spiro atoms. The lowest BCUT2D eigenvalue weighted by atomic mass is 9.99. The zero-order valence-electron chi connectivity index (χ0n) is 10.3. The molecule has 88 valence electrons. The summed E-state index contributed by atoms with van der Waals surface area (Å²) in [6, 6.07) is 1.62. The second kappa shape index (κ2) is 5.31. The molecule has 1 heterocycles. The molecule has 2 rings (SSSR count). The van der Waals surface area contributed by atoms with Crippen molar-refractivity contribution in [1.29, 1.82) is 0 Å². The van der Waals surface area contributed by atoms with Crippen LogP contribution in [0.15, 0.2) is 0 Å². The number of hydrogen-bond donors (Lipinski definition) is 1. The van der Waals surface area contributed by atoms with Crippen molar-refractivity contribution >= 4 is 0 Å². The van der Waals surface area contributed by atoms with E-state index < -0.39 is 0 Å². The lowest BCUT2D eigenvalue weighted by Crippen LogP contribution is -2.44. The van der Waals surface area contributed by atoms with E-state index in [9.17, 15) is 0 Å². The normalized spacial score (nSPS) is 27.6. The Morgan fingerprint density at radius 3 is 2.40 bits per heavy atom. The summed E-state index contributed by atoms with van der Waals surface area (Å²) in [5, 5.41) is 3.65. The maximum Gasteiger partial charge on any atom is 0.0105 e. The Bertz CT molecular complexity index is 183. The smallest absolute Gasteiger partial charge is 0.0105 e. The highest BCUT2D eigenvalue weighted by atomic mass is 15.2. The summed E-state index contributed by atoms with van der Waals surface area (Å²) >= 11 is 0. The molecule has 1 aliphatic heterocycles. The highest BCUT2D eigenvalue weighted by molar-refractivity contribution is 4.84. The molecule has 1 N–H and O–H groups in total. The summed E-state index contributed by atoms with van der Waals surface area (Å²) in [7, 11) is 0. The van der Waals surface area contributed by atoms with Crippen molar-refractivity contribution < 1.29 is 0 Å². The van der Waals surface area contributed by atoms with Crippen LogP contribution in [0.2, 0.25) is 0 Å². The molecular weight excluding hydrogens is 184 g/mol. The molecular formula is C13H26N2. The van der Waals surface area contributed by atoms with Gasteiger partial charge in [-0.15, -0.1) is 0 Å². The Morgan fingerprint density at radius 1 is 1.13 bits per heavy atom. The van der Waals surface area contributed by atoms with Crippen LogP contribution in [0, 0.1) is 5.92 Å². The van der Waals surface area contributed by atoms with E-state index in [1.165, 1.54) is 51.7 Å². The summed E-state index contributed by atoms with van der Waals surface area (Å²) in [5.74, 6) is 0.795. The molecule has 0 amide bonds. The molecule has 2 nitrogen and oxygen atoms in total. The zero-order valence-corrected chi connectivity index (χ0v) is 10.3. The molecule has 15 heavy (non-hydrogen) atoms. The Labute approximate surface area is 94.4 Å². The third kappa shape index (κ3) is 3.46. The van der Waals surface area contributed by atoms with Crippen LogP contribution in [0.5, 0.6) is 0 Å². The summed E-state index contributed by atoms with van der Waals surface area (Å²) in [5.41, 5.74) is 0. The van der Waals surface area contributed by atoms with Crippen LogP contribution in [0.1, 0.15) is 46.0 Å². The van der Waals surface area contributed by atoms with Crippen molar-refractivity contribution in [1.82, 2.24) is 10.2 Å². The molecule has 0 aromatic carbocycles. The van der Waals surface area contributed by atoms with Crippen molar-refractivity contribution in [3.05, 3.63) is 0 Å². The third-order valence-electron chi connectivity index (χ3n) is 4.10. The van der Waals surface area contributed by atoms with Gasteiger partial charge in [0.05, 0.1) is 0 Å². The van der Waals surface area contributed by atoms with Crippen molar-refractivity contribution in [3.8, 4) is 0 Å². The van der Waals surface area contributed by atoms with Crippen LogP contribution in [-0.2, 0) is 0 Å². The Kier molecular flexibility index (Phi) is 4.04. The predicted octanol–water partition coefficient (Wildman–Crippen LogP) is 2.25. The van der Waals surface area contributed by atoms with Crippen LogP contribution in [0.3, 0.4) is 0 Å². The topological polar surface area (TPSA) is 15.3 Å². The monoisotopic (exact) mass is 210 g/mol. The molecule has 0 aromatic rings. The van der Waals surface area contributed by atoms with E-state index in [1.54, 1.807) is 0 Å². The predicted molar refractivity (Wildman–Crippen MR) is 65.1 cm³/mol. The van der Waals surface area contributed by atoms with E-state index in [0.29, 0.717) is 0 Å². The maximum absolute atomic E-state index is 3.65. The van der Waals surface area contributed by atoms with Gasteiger partial charge in [0.15, 0.2) is 0 Å². The summed E-state index contributed by atoms with van der Waals surface area (Å²) in [4.78, 5) is 2.68. The zero-order chi connectivity index (χ0) is 10.7. The average Bonchev–Trinajstić information content (AvgIpc) is 3.10. The Morgan fingerprint density at radius 2 is 1.80 bits per heavy atom. The standard InChI is InChI=1S/C13H26N2/c1-11(10-14-13-6-7-13)12(2)15-8-4-3-5-9-15/h11-14H,3-10H2,1-2H3. The second-order valence-electron chi connectivity index (χ2n) is 5.50. The highest BCUT2D eigenvalue weighted by Gasteiger charge is 2.25. The first kappa shape index (κ1) is 11.4. The molecule has 2 fully saturated rings. The summed E-state index contributed by atoms with van der Waals surface area (Å²) in [6.07, 6.45) is 7.08. The fourth-order valence-corrected chi connectivity index (χ4v) is 2.50. The average molecular weight is 210 g/mol. The molecule has 1 saturated carbocycles. The number of hydrogen-bond acceptors (Lipinski definition) is 2. The molecule has 0 aromatic heterocycles. The maximum atomic E-state index is 3.65. The second-order valence-corrected chi connectivity index (χ2v) is 5.50. The van der Waals surface area contributed by atoms with Gasteiger partial charge in [0.1, 0.15) is 0 Å². The minimum Gasteiger partial charge on any atom is -0.314 e. The van der Waals surface area contributed by atoms with E-state index in [2.05, 4.69) is 24.1 Å². The Balaban J connectivity index is 1.69. The van der Waals surface area contributed by atoms with Gasteiger partial charge >= 0.3 is 0 Å². The van der Waals surface area contributed by atoms with Crippen LogP contribution >= 0.6 is 0 Å². The van der Waals surface area contributed by atoms with E-state index in [-0.39, 0.29) is 0 Å². The van der Waals surface area contributed by atoms with Crippen LogP contribution in [-0.4, -0.2) is 36.6 Å². The number of likely N-dealkylation sites (tertiary alicyclic amines) is 1. The minimum atomic E-state index is 0.761. The fourth-order valence-electron chi connectivity index (χ4n) is 2.50. The lowest BCUT2D eigenvalue weighted by molar-refractivity contribution is 0.133. The van der Waals surface area contributed by atoms with Crippen LogP contribution < -0.4 is 5.32 Å². The summed E-state index contributed by atoms with van der Waals surface area (Å²) < 4.78 is 0. The SMILES string of the molecule is CC(CNC1CC1)C(C)N1CCCCC1. The molecule has 2 unspecified atom stereocenters. The van der Waals surface area contributed by atoms with E-state index >= 15 is 0 Å². The quantitative estimate of drug-likeness (QED) is 0.749. The van der Waals surface area contributed by atoms with Gasteiger partial charge in [-0.3, -0.25) is 0 Å². The van der Waals surface area contributed by atoms with Crippen LogP contribution in [0.4, 0.5) is 0 Å². The molecule has 0 radical (unpaired) electrons. The number of nitrogens with zero attached hydrogens (tertiary/aromatic N) is 1. The van der Waals surface area contributed by atoms with Gasteiger partial charge in [0.2, 0.25) is 0 Å². The van der Waals surface area contributed by atoms with Crippen molar-refractivity contribution in [2.45, 2.75) is 58.0 Å². The summed E-state index contributed by atoms with van der Waals surface area (Å²) in [6.45, 7) is 8.67. The fraction of sp³-hybridized carbons (Fsp3) is 1.00. The largest absolute Gasteiger partial charge is 0.314 e. The first-order valence-electron chi connectivity index (χ1n) is 6.75. The minimum absolute atomic E-state index is 0.761. The molecule has 2 heteroatoms. The number of nitrogens with one attached hydrogen (secondary N) is 1. The van der Waals surface area contributed by atoms with Gasteiger partial charge in [-0.1, -0.05) is 13.3 Å². The lowest BCUT2D eigenvalue weighted by Gasteiger charge is -2.36. The van der Waals surface area contributed by atoms with E-state index in [4.69, 9.17) is 0 Å². The molecule has 1 saturated heterocycles. The van der Waals surface area contributed by atoms with Gasteiger partial charge < -0.3 is 10.2 Å². The third-order valence-corrected chi connectivity index (χ3v) is 4.10. The van der Waals surface area contributed by atoms with Crippen molar-refractivity contribution in [2.75, 3.05) is 19.6 Å². The van der Waals surface area contributed by atoms with Gasteiger partial charge in [-0.05, 0) is 58.2 Å². The van der Waals surface area contributed by atoms with Gasteiger partial charge in [0.25, 0.3) is 0 Å². The van der Waals surface area contributed by atoms with Crippen LogP contribution in [0.25, 0.3) is 0 Å². The van der Waals surface area contributed by atoms with Gasteiger partial charge in [0, 0.05) is 12.1 Å². The molecule has 1 aliphatic carbocycles. The molecule has 2 atom stereocenters. The Hall–Kier alpha value is -0.0800. The van der Waals surface area contributed by atoms with Crippen molar-refractivity contribution in [2.24, 2.45) is 5.92 Å². The number of piperidine rings is 1. The molecule has 2 aliphatic rings. The van der Waals surface area contributed by atoms with Crippen molar-refractivity contribution in [3.63, 3.8) is 0 Å². The number of rotatable bonds is 5. The van der Waals surface area contributed by atoms with Gasteiger partial charge in [-0.2, -0.15) is 0 Å². The highest BCUT2D eigenvalue weighted by Crippen LogP contribution is 2.21. The van der Waals surface area contributed by atoms with E-state index in [0.717, 1.165) is 18.0 Å². The molecule has 0 bridgehead atoms. The first-order valence-corrected chi connectivity index (χ1v) is 6.75.